The second-order valence-corrected chi connectivity index (χ2v) is 7.39. The number of imidazole rings is 1. The van der Waals surface area contributed by atoms with E-state index in [0.717, 1.165) is 48.7 Å². The van der Waals surface area contributed by atoms with Crippen LogP contribution in [0.15, 0.2) is 79.5 Å². The topological polar surface area (TPSA) is 34.0 Å². The van der Waals surface area contributed by atoms with E-state index in [-0.39, 0.29) is 0 Å². The van der Waals surface area contributed by atoms with Crippen molar-refractivity contribution in [1.82, 2.24) is 19.4 Å². The normalized spacial score (nSPS) is 11.4. The summed E-state index contributed by atoms with van der Waals surface area (Å²) in [5.41, 5.74) is 3.48. The van der Waals surface area contributed by atoms with Crippen LogP contribution in [0.4, 0.5) is 0 Å². The highest BCUT2D eigenvalue weighted by molar-refractivity contribution is 6.31. The van der Waals surface area contributed by atoms with Gasteiger partial charge in [-0.05, 0) is 41.8 Å². The molecular formula is C23H23ClN4. The molecule has 0 unspecified atom stereocenters. The molecule has 4 nitrogen and oxygen atoms in total. The Balaban J connectivity index is 1.49. The molecule has 5 heteroatoms. The van der Waals surface area contributed by atoms with E-state index in [0.29, 0.717) is 0 Å². The number of nitrogens with zero attached hydrogens (tertiary/aromatic N) is 4. The highest BCUT2D eigenvalue weighted by atomic mass is 35.5. The van der Waals surface area contributed by atoms with Gasteiger partial charge in [0.05, 0.1) is 11.8 Å². The Morgan fingerprint density at radius 2 is 1.89 bits per heavy atom. The zero-order valence-electron chi connectivity index (χ0n) is 15.7. The highest BCUT2D eigenvalue weighted by Gasteiger charge is 2.10. The number of benzene rings is 2. The second-order valence-electron chi connectivity index (χ2n) is 6.99. The van der Waals surface area contributed by atoms with Gasteiger partial charge in [0.25, 0.3) is 0 Å². The van der Waals surface area contributed by atoms with Gasteiger partial charge >= 0.3 is 0 Å². The van der Waals surface area contributed by atoms with Crippen LogP contribution in [-0.2, 0) is 19.6 Å². The predicted octanol–water partition coefficient (Wildman–Crippen LogP) is 5.18. The predicted molar refractivity (Wildman–Crippen MR) is 114 cm³/mol. The Labute approximate surface area is 170 Å². The van der Waals surface area contributed by atoms with E-state index in [1.54, 1.807) is 0 Å². The Bertz CT molecular complexity index is 1030. The van der Waals surface area contributed by atoms with E-state index in [1.807, 2.05) is 49.2 Å². The van der Waals surface area contributed by atoms with Gasteiger partial charge in [0.1, 0.15) is 0 Å². The molecule has 0 fully saturated rings. The minimum atomic E-state index is 0.824. The van der Waals surface area contributed by atoms with Gasteiger partial charge in [-0.25, -0.2) is 4.98 Å². The second kappa shape index (κ2) is 9.00. The lowest BCUT2D eigenvalue weighted by atomic mass is 10.1. The molecule has 2 heterocycles. The molecule has 0 aliphatic heterocycles. The summed E-state index contributed by atoms with van der Waals surface area (Å²) >= 11 is 6.42. The van der Waals surface area contributed by atoms with Gasteiger partial charge in [-0.2, -0.15) is 0 Å². The highest BCUT2D eigenvalue weighted by Crippen LogP contribution is 2.20. The summed E-state index contributed by atoms with van der Waals surface area (Å²) in [7, 11) is 0. The van der Waals surface area contributed by atoms with Crippen LogP contribution in [0.5, 0.6) is 0 Å². The lowest BCUT2D eigenvalue weighted by molar-refractivity contribution is 0.248. The lowest BCUT2D eigenvalue weighted by Gasteiger charge is -2.23. The van der Waals surface area contributed by atoms with Crippen LogP contribution in [0.3, 0.4) is 0 Å². The monoisotopic (exact) mass is 390 g/mol. The Hall–Kier alpha value is -2.69. The van der Waals surface area contributed by atoms with Gasteiger partial charge in [-0.15, -0.1) is 0 Å². The van der Waals surface area contributed by atoms with E-state index in [1.165, 1.54) is 10.9 Å². The van der Waals surface area contributed by atoms with Gasteiger partial charge in [0.15, 0.2) is 0 Å². The molecule has 0 spiro atoms. The Morgan fingerprint density at radius 3 is 2.75 bits per heavy atom. The summed E-state index contributed by atoms with van der Waals surface area (Å²) in [4.78, 5) is 11.0. The van der Waals surface area contributed by atoms with Gasteiger partial charge in [-0.1, -0.05) is 41.9 Å². The molecule has 0 N–H and O–H groups in total. The quantitative estimate of drug-likeness (QED) is 0.416. The fraction of sp³-hybridized carbons (Fsp3) is 0.217. The van der Waals surface area contributed by atoms with E-state index in [9.17, 15) is 0 Å². The first-order chi connectivity index (χ1) is 13.8. The lowest BCUT2D eigenvalue weighted by Crippen LogP contribution is -2.25. The van der Waals surface area contributed by atoms with Gasteiger partial charge < -0.3 is 4.57 Å². The third-order valence-corrected chi connectivity index (χ3v) is 5.24. The van der Waals surface area contributed by atoms with E-state index >= 15 is 0 Å². The molecular weight excluding hydrogens is 368 g/mol. The van der Waals surface area contributed by atoms with E-state index in [4.69, 9.17) is 11.6 Å². The standard InChI is InChI=1S/C23H23ClN4/c24-22-7-2-1-5-21(22)17-28(13-4-12-27-14-11-25-18-27)16-19-8-9-23-20(15-19)6-3-10-26-23/h1-3,5-11,14-15,18H,4,12-13,16-17H2. The van der Waals surface area contributed by atoms with Crippen molar-refractivity contribution in [2.45, 2.75) is 26.1 Å². The Morgan fingerprint density at radius 1 is 0.964 bits per heavy atom. The van der Waals surface area contributed by atoms with Crippen LogP contribution in [-0.4, -0.2) is 26.0 Å². The third-order valence-electron chi connectivity index (χ3n) is 4.88. The number of aromatic nitrogens is 3. The molecule has 0 saturated carbocycles. The molecule has 2 aromatic heterocycles. The van der Waals surface area contributed by atoms with Gasteiger partial charge in [0, 0.05) is 55.2 Å². The van der Waals surface area contributed by atoms with Crippen molar-refractivity contribution in [2.24, 2.45) is 0 Å². The first-order valence-electron chi connectivity index (χ1n) is 9.53. The number of halogens is 1. The minimum absolute atomic E-state index is 0.824. The average Bonchev–Trinajstić information content (AvgIpc) is 3.23. The first kappa shape index (κ1) is 18.7. The van der Waals surface area contributed by atoms with Crippen LogP contribution < -0.4 is 0 Å². The van der Waals surface area contributed by atoms with Crippen molar-refractivity contribution >= 4 is 22.5 Å². The average molecular weight is 391 g/mol. The Kier molecular flexibility index (Phi) is 6.00. The summed E-state index contributed by atoms with van der Waals surface area (Å²) in [5, 5.41) is 2.00. The largest absolute Gasteiger partial charge is 0.337 e. The van der Waals surface area contributed by atoms with Crippen LogP contribution in [0.25, 0.3) is 10.9 Å². The zero-order valence-corrected chi connectivity index (χ0v) is 16.5. The molecule has 4 rings (SSSR count). The third kappa shape index (κ3) is 4.77. The van der Waals surface area contributed by atoms with Crippen molar-refractivity contribution in [3.05, 3.63) is 95.7 Å². The first-order valence-corrected chi connectivity index (χ1v) is 9.91. The molecule has 0 radical (unpaired) electrons. The summed E-state index contributed by atoms with van der Waals surface area (Å²) < 4.78 is 2.12. The fourth-order valence-electron chi connectivity index (χ4n) is 3.46. The fourth-order valence-corrected chi connectivity index (χ4v) is 3.65. The van der Waals surface area contributed by atoms with E-state index < -0.39 is 0 Å². The molecule has 4 aromatic rings. The SMILES string of the molecule is Clc1ccccc1CN(CCCn1ccnc1)Cc1ccc2ncccc2c1. The molecule has 0 atom stereocenters. The molecule has 0 aliphatic rings. The van der Waals surface area contributed by atoms with Crippen molar-refractivity contribution in [3.8, 4) is 0 Å². The molecule has 28 heavy (non-hydrogen) atoms. The van der Waals surface area contributed by atoms with Gasteiger partial charge in [0.2, 0.25) is 0 Å². The number of hydrogen-bond acceptors (Lipinski definition) is 3. The summed E-state index contributed by atoms with van der Waals surface area (Å²) in [6.07, 6.45) is 8.59. The van der Waals surface area contributed by atoms with Gasteiger partial charge in [-0.3, -0.25) is 9.88 Å². The molecule has 2 aromatic carbocycles. The van der Waals surface area contributed by atoms with Crippen molar-refractivity contribution in [1.29, 1.82) is 0 Å². The zero-order chi connectivity index (χ0) is 19.2. The van der Waals surface area contributed by atoms with Crippen molar-refractivity contribution in [3.63, 3.8) is 0 Å². The molecule has 0 saturated heterocycles. The maximum atomic E-state index is 6.42. The molecule has 0 bridgehead atoms. The molecule has 0 aliphatic carbocycles. The van der Waals surface area contributed by atoms with Crippen LogP contribution in [0, 0.1) is 0 Å². The molecule has 142 valence electrons. The number of rotatable bonds is 8. The van der Waals surface area contributed by atoms with Crippen LogP contribution in [0.2, 0.25) is 5.02 Å². The number of hydrogen-bond donors (Lipinski definition) is 0. The number of aryl methyl sites for hydroxylation is 1. The summed E-state index contributed by atoms with van der Waals surface area (Å²) in [6, 6.07) is 18.7. The maximum Gasteiger partial charge on any atom is 0.0945 e. The number of pyridine rings is 1. The van der Waals surface area contributed by atoms with Crippen LogP contribution >= 0.6 is 11.6 Å². The minimum Gasteiger partial charge on any atom is -0.337 e. The number of fused-ring (bicyclic) bond motifs is 1. The summed E-state index contributed by atoms with van der Waals surface area (Å²) in [5.74, 6) is 0. The van der Waals surface area contributed by atoms with Crippen molar-refractivity contribution in [2.75, 3.05) is 6.54 Å². The van der Waals surface area contributed by atoms with Crippen molar-refractivity contribution < 1.29 is 0 Å². The smallest absolute Gasteiger partial charge is 0.0945 e. The van der Waals surface area contributed by atoms with Crippen LogP contribution in [0.1, 0.15) is 17.5 Å². The van der Waals surface area contributed by atoms with E-state index in [2.05, 4.69) is 49.8 Å². The summed E-state index contributed by atoms with van der Waals surface area (Å²) in [6.45, 7) is 3.64. The maximum absolute atomic E-state index is 6.42. The molecule has 0 amide bonds.